The minimum atomic E-state index is -3.77. The molecule has 1 amide bonds. The maximum Gasteiger partial charge on any atom is 0.243 e. The van der Waals surface area contributed by atoms with Crippen LogP contribution in [0.1, 0.15) is 18.1 Å². The first-order valence-corrected chi connectivity index (χ1v) is 10.6. The Balaban J connectivity index is 1.87. The molecule has 0 unspecified atom stereocenters. The summed E-state index contributed by atoms with van der Waals surface area (Å²) in [5, 5.41) is 3.19. The van der Waals surface area contributed by atoms with Crippen LogP contribution in [-0.4, -0.2) is 44.9 Å². The number of carbonyl (C=O) groups excluding carboxylic acids is 1. The van der Waals surface area contributed by atoms with Crippen LogP contribution in [0.15, 0.2) is 47.4 Å². The molecule has 1 atom stereocenters. The molecule has 0 heterocycles. The zero-order chi connectivity index (χ0) is 20.9. The number of sulfonamides is 1. The van der Waals surface area contributed by atoms with Gasteiger partial charge in [-0.3, -0.25) is 4.79 Å². The van der Waals surface area contributed by atoms with E-state index in [2.05, 4.69) is 5.32 Å². The summed E-state index contributed by atoms with van der Waals surface area (Å²) < 4.78 is 31.7. The number of nitrogens with zero attached hydrogens (tertiary/aromatic N) is 1. The summed E-state index contributed by atoms with van der Waals surface area (Å²) in [5.41, 5.74) is 2.31. The molecule has 0 radical (unpaired) electrons. The molecule has 2 aromatic carbocycles. The Bertz CT molecular complexity index is 930. The lowest BCUT2D eigenvalue weighted by molar-refractivity contribution is -0.121. The van der Waals surface area contributed by atoms with Crippen molar-refractivity contribution in [3.63, 3.8) is 0 Å². The molecule has 0 saturated carbocycles. The second-order valence-corrected chi connectivity index (χ2v) is 9.22. The summed E-state index contributed by atoms with van der Waals surface area (Å²) in [4.78, 5) is 12.3. The van der Waals surface area contributed by atoms with Gasteiger partial charge in [-0.25, -0.2) is 8.42 Å². The Labute approximate surface area is 171 Å². The normalized spacial score (nSPS) is 12.6. The van der Waals surface area contributed by atoms with Crippen LogP contribution < -0.4 is 10.1 Å². The van der Waals surface area contributed by atoms with Crippen molar-refractivity contribution in [1.29, 1.82) is 0 Å². The van der Waals surface area contributed by atoms with Crippen molar-refractivity contribution in [2.24, 2.45) is 0 Å². The molecule has 0 spiro atoms. The van der Waals surface area contributed by atoms with E-state index >= 15 is 0 Å². The predicted molar refractivity (Wildman–Crippen MR) is 110 cm³/mol. The van der Waals surface area contributed by atoms with Gasteiger partial charge in [-0.15, -0.1) is 0 Å². The average Bonchev–Trinajstić information content (AvgIpc) is 2.63. The predicted octanol–water partition coefficient (Wildman–Crippen LogP) is 3.16. The topological polar surface area (TPSA) is 75.7 Å². The number of benzene rings is 2. The van der Waals surface area contributed by atoms with Crippen molar-refractivity contribution in [1.82, 2.24) is 9.62 Å². The zero-order valence-corrected chi connectivity index (χ0v) is 18.0. The molecule has 28 heavy (non-hydrogen) atoms. The number of ether oxygens (including phenoxy) is 1. The molecule has 0 saturated heterocycles. The van der Waals surface area contributed by atoms with E-state index in [1.54, 1.807) is 6.92 Å². The number of nitrogens with one attached hydrogen (secondary N) is 1. The molecular weight excluding hydrogens is 400 g/mol. The van der Waals surface area contributed by atoms with E-state index in [1.165, 1.54) is 36.9 Å². The van der Waals surface area contributed by atoms with Crippen LogP contribution in [-0.2, 0) is 14.8 Å². The van der Waals surface area contributed by atoms with Gasteiger partial charge in [0.25, 0.3) is 0 Å². The minimum absolute atomic E-state index is 0.0818. The quantitative estimate of drug-likeness (QED) is 0.706. The first kappa shape index (κ1) is 22.2. The molecule has 2 aromatic rings. The molecule has 2 rings (SSSR count). The van der Waals surface area contributed by atoms with E-state index in [0.29, 0.717) is 5.02 Å². The fraction of sp³-hybridized carbons (Fsp3) is 0.350. The lowest BCUT2D eigenvalue weighted by Crippen LogP contribution is -2.43. The molecule has 1 N–H and O–H groups in total. The maximum absolute atomic E-state index is 12.5. The second-order valence-electron chi connectivity index (χ2n) is 6.74. The van der Waals surface area contributed by atoms with Gasteiger partial charge < -0.3 is 10.1 Å². The largest absolute Gasteiger partial charge is 0.491 e. The third-order valence-corrected chi connectivity index (χ3v) is 6.34. The third-order valence-electron chi connectivity index (χ3n) is 4.27. The zero-order valence-electron chi connectivity index (χ0n) is 16.4. The number of halogens is 1. The Kier molecular flexibility index (Phi) is 7.46. The van der Waals surface area contributed by atoms with Gasteiger partial charge in [0.2, 0.25) is 15.9 Å². The van der Waals surface area contributed by atoms with Gasteiger partial charge in [0.15, 0.2) is 0 Å². The van der Waals surface area contributed by atoms with Gasteiger partial charge in [-0.2, -0.15) is 4.31 Å². The molecule has 8 heteroatoms. The lowest BCUT2D eigenvalue weighted by atomic mass is 10.1. The van der Waals surface area contributed by atoms with Gasteiger partial charge in [0.1, 0.15) is 12.4 Å². The SMILES string of the molecule is Cc1ccc(OC[C@H](C)NC(=O)CN(C)S(=O)(=O)c2ccc(Cl)cc2)cc1C. The van der Waals surface area contributed by atoms with Crippen molar-refractivity contribution in [3.05, 3.63) is 58.6 Å². The second kappa shape index (κ2) is 9.41. The molecule has 0 aliphatic carbocycles. The van der Waals surface area contributed by atoms with E-state index < -0.39 is 15.9 Å². The van der Waals surface area contributed by atoms with Crippen molar-refractivity contribution >= 4 is 27.5 Å². The maximum atomic E-state index is 12.5. The average molecular weight is 425 g/mol. The smallest absolute Gasteiger partial charge is 0.243 e. The van der Waals surface area contributed by atoms with Crippen LogP contribution in [0, 0.1) is 13.8 Å². The van der Waals surface area contributed by atoms with Crippen LogP contribution in [0.2, 0.25) is 5.02 Å². The van der Waals surface area contributed by atoms with Gasteiger partial charge in [0, 0.05) is 12.1 Å². The number of carbonyl (C=O) groups is 1. The fourth-order valence-corrected chi connectivity index (χ4v) is 3.71. The highest BCUT2D eigenvalue weighted by atomic mass is 35.5. The van der Waals surface area contributed by atoms with Crippen molar-refractivity contribution in [3.8, 4) is 5.75 Å². The van der Waals surface area contributed by atoms with Crippen LogP contribution in [0.25, 0.3) is 0 Å². The first-order valence-electron chi connectivity index (χ1n) is 8.81. The Morgan fingerprint density at radius 3 is 2.39 bits per heavy atom. The van der Waals surface area contributed by atoms with E-state index in [1.807, 2.05) is 32.0 Å². The van der Waals surface area contributed by atoms with Crippen molar-refractivity contribution in [2.75, 3.05) is 20.2 Å². The number of likely N-dealkylation sites (N-methyl/N-ethyl adjacent to an activating group) is 1. The Morgan fingerprint density at radius 2 is 1.79 bits per heavy atom. The highest BCUT2D eigenvalue weighted by Crippen LogP contribution is 2.18. The first-order chi connectivity index (χ1) is 13.1. The standard InChI is InChI=1S/C20H25ClN2O4S/c1-14-5-8-18(11-15(14)2)27-13-16(3)22-20(24)12-23(4)28(25,26)19-9-6-17(21)7-10-19/h5-11,16H,12-13H2,1-4H3,(H,22,24)/t16-/m0/s1. The van der Waals surface area contributed by atoms with Crippen molar-refractivity contribution < 1.29 is 17.9 Å². The summed E-state index contributed by atoms with van der Waals surface area (Å²) in [5.74, 6) is 0.322. The molecule has 6 nitrogen and oxygen atoms in total. The number of hydrogen-bond acceptors (Lipinski definition) is 4. The third kappa shape index (κ3) is 5.95. The fourth-order valence-electron chi connectivity index (χ4n) is 2.46. The molecule has 0 bridgehead atoms. The van der Waals surface area contributed by atoms with Gasteiger partial charge in [0.05, 0.1) is 17.5 Å². The van der Waals surface area contributed by atoms with Crippen LogP contribution in [0.4, 0.5) is 0 Å². The molecule has 0 aliphatic rings. The van der Waals surface area contributed by atoms with Crippen molar-refractivity contribution in [2.45, 2.75) is 31.7 Å². The molecule has 0 aliphatic heterocycles. The summed E-state index contributed by atoms with van der Waals surface area (Å²) in [6.45, 7) is 5.81. The number of aryl methyl sites for hydroxylation is 2. The molecule has 0 fully saturated rings. The minimum Gasteiger partial charge on any atom is -0.491 e. The summed E-state index contributed by atoms with van der Waals surface area (Å²) in [6.07, 6.45) is 0. The van der Waals surface area contributed by atoms with Crippen LogP contribution in [0.5, 0.6) is 5.75 Å². The van der Waals surface area contributed by atoms with Gasteiger partial charge >= 0.3 is 0 Å². The van der Waals surface area contributed by atoms with Gasteiger partial charge in [-0.05, 0) is 68.3 Å². The Morgan fingerprint density at radius 1 is 1.14 bits per heavy atom. The number of rotatable bonds is 8. The van der Waals surface area contributed by atoms with E-state index in [-0.39, 0.29) is 24.1 Å². The summed E-state index contributed by atoms with van der Waals surface area (Å²) in [7, 11) is -2.41. The highest BCUT2D eigenvalue weighted by Gasteiger charge is 2.23. The molecular formula is C20H25ClN2O4S. The summed E-state index contributed by atoms with van der Waals surface area (Å²) in [6, 6.07) is 11.3. The van der Waals surface area contributed by atoms with E-state index in [0.717, 1.165) is 15.6 Å². The monoisotopic (exact) mass is 424 g/mol. The lowest BCUT2D eigenvalue weighted by Gasteiger charge is -2.19. The van der Waals surface area contributed by atoms with E-state index in [9.17, 15) is 13.2 Å². The highest BCUT2D eigenvalue weighted by molar-refractivity contribution is 7.89. The van der Waals surface area contributed by atoms with Gasteiger partial charge in [-0.1, -0.05) is 17.7 Å². The van der Waals surface area contributed by atoms with Crippen LogP contribution in [0.3, 0.4) is 0 Å². The number of amides is 1. The molecule has 152 valence electrons. The van der Waals surface area contributed by atoms with E-state index in [4.69, 9.17) is 16.3 Å². The summed E-state index contributed by atoms with van der Waals surface area (Å²) >= 11 is 5.79. The van der Waals surface area contributed by atoms with Crippen LogP contribution >= 0.6 is 11.6 Å². The molecule has 0 aromatic heterocycles. The number of hydrogen-bond donors (Lipinski definition) is 1. The Hall–Kier alpha value is -2.09.